The predicted octanol–water partition coefficient (Wildman–Crippen LogP) is 1.98. The molecule has 0 spiro atoms. The van der Waals surface area contributed by atoms with Crippen molar-refractivity contribution in [2.24, 2.45) is 21.7 Å². The molecule has 78 valence electrons. The fourth-order valence-corrected chi connectivity index (χ4v) is 4.09. The van der Waals surface area contributed by atoms with Crippen LogP contribution in [0.4, 0.5) is 0 Å². The van der Waals surface area contributed by atoms with Crippen molar-refractivity contribution >= 4 is 6.21 Å². The van der Waals surface area contributed by atoms with Crippen molar-refractivity contribution in [1.82, 2.24) is 0 Å². The van der Waals surface area contributed by atoms with E-state index in [2.05, 4.69) is 30.5 Å². The molecule has 0 aromatic heterocycles. The van der Waals surface area contributed by atoms with E-state index in [1.807, 2.05) is 0 Å². The Hall–Kier alpha value is -0.890. The standard InChI is InChI=1S/C13H15NO/c1-2-6-13-9-15-8-12(13,5-1)10-3-4-11(13)14-7-10/h1-2,5-7,10-11H,3-4,8-9H2/t10?,11-,12?,13+/m1/s1. The number of aliphatic imine (C=N–C) groups is 1. The monoisotopic (exact) mass is 201 g/mol. The molecular formula is C13H15NO. The Morgan fingerprint density at radius 2 is 1.87 bits per heavy atom. The van der Waals surface area contributed by atoms with Gasteiger partial charge in [-0.1, -0.05) is 24.3 Å². The van der Waals surface area contributed by atoms with E-state index in [1.54, 1.807) is 0 Å². The predicted molar refractivity (Wildman–Crippen MR) is 59.0 cm³/mol. The highest BCUT2D eigenvalue weighted by molar-refractivity contribution is 5.68. The van der Waals surface area contributed by atoms with Crippen molar-refractivity contribution < 1.29 is 4.74 Å². The maximum atomic E-state index is 5.82. The zero-order valence-corrected chi connectivity index (χ0v) is 8.73. The summed E-state index contributed by atoms with van der Waals surface area (Å²) in [5.41, 5.74) is 0.436. The molecule has 3 aliphatic heterocycles. The largest absolute Gasteiger partial charge is 0.379 e. The molecule has 5 rings (SSSR count). The number of ether oxygens (including phenoxy) is 1. The Morgan fingerprint density at radius 3 is 2.60 bits per heavy atom. The van der Waals surface area contributed by atoms with Gasteiger partial charge in [0, 0.05) is 23.0 Å². The third-order valence-electron chi connectivity index (χ3n) is 4.90. The lowest BCUT2D eigenvalue weighted by molar-refractivity contribution is 0.0610. The minimum Gasteiger partial charge on any atom is -0.379 e. The Balaban J connectivity index is 1.99. The van der Waals surface area contributed by atoms with Gasteiger partial charge < -0.3 is 4.74 Å². The second-order valence-electron chi connectivity index (χ2n) is 5.29. The first kappa shape index (κ1) is 8.28. The van der Waals surface area contributed by atoms with Crippen LogP contribution in [0.2, 0.25) is 0 Å². The molecule has 0 aromatic carbocycles. The first-order valence-corrected chi connectivity index (χ1v) is 5.86. The lowest BCUT2D eigenvalue weighted by atomic mass is 9.49. The zero-order valence-electron chi connectivity index (χ0n) is 8.73. The molecular weight excluding hydrogens is 186 g/mol. The van der Waals surface area contributed by atoms with E-state index < -0.39 is 0 Å². The average molecular weight is 201 g/mol. The van der Waals surface area contributed by atoms with Crippen LogP contribution in [-0.4, -0.2) is 25.5 Å². The van der Waals surface area contributed by atoms with Crippen molar-refractivity contribution in [3.8, 4) is 0 Å². The van der Waals surface area contributed by atoms with Gasteiger partial charge in [0.1, 0.15) is 0 Å². The summed E-state index contributed by atoms with van der Waals surface area (Å²) in [6, 6.07) is 0.464. The summed E-state index contributed by atoms with van der Waals surface area (Å²) < 4.78 is 5.82. The van der Waals surface area contributed by atoms with Crippen molar-refractivity contribution in [2.75, 3.05) is 13.2 Å². The normalized spacial score (nSPS) is 54.4. The van der Waals surface area contributed by atoms with E-state index in [1.165, 1.54) is 12.8 Å². The van der Waals surface area contributed by atoms with Gasteiger partial charge in [0.2, 0.25) is 0 Å². The molecule has 0 aromatic rings. The number of nitrogens with zero attached hydrogens (tertiary/aromatic N) is 1. The van der Waals surface area contributed by atoms with Crippen molar-refractivity contribution in [3.05, 3.63) is 24.3 Å². The maximum Gasteiger partial charge on any atom is 0.0618 e. The van der Waals surface area contributed by atoms with Crippen LogP contribution in [-0.2, 0) is 4.74 Å². The molecule has 2 bridgehead atoms. The van der Waals surface area contributed by atoms with Crippen LogP contribution in [0.15, 0.2) is 29.3 Å². The van der Waals surface area contributed by atoms with E-state index in [0.717, 1.165) is 13.2 Å². The second-order valence-corrected chi connectivity index (χ2v) is 5.29. The lowest BCUT2D eigenvalue weighted by Crippen LogP contribution is -2.58. The molecule has 2 aliphatic carbocycles. The summed E-state index contributed by atoms with van der Waals surface area (Å²) in [5.74, 6) is 0.603. The molecule has 0 amide bonds. The summed E-state index contributed by atoms with van der Waals surface area (Å²) in [7, 11) is 0. The summed E-state index contributed by atoms with van der Waals surface area (Å²) in [5, 5.41) is 0. The van der Waals surface area contributed by atoms with Crippen LogP contribution in [0.1, 0.15) is 12.8 Å². The first-order valence-electron chi connectivity index (χ1n) is 5.86. The van der Waals surface area contributed by atoms with Gasteiger partial charge in [0.15, 0.2) is 0 Å². The first-order chi connectivity index (χ1) is 7.37. The molecule has 0 radical (unpaired) electrons. The smallest absolute Gasteiger partial charge is 0.0618 e. The van der Waals surface area contributed by atoms with Crippen LogP contribution in [0.3, 0.4) is 0 Å². The molecule has 2 heteroatoms. The summed E-state index contributed by atoms with van der Waals surface area (Å²) in [4.78, 5) is 4.72. The Morgan fingerprint density at radius 1 is 1.07 bits per heavy atom. The maximum absolute atomic E-state index is 5.82. The highest BCUT2D eigenvalue weighted by Gasteiger charge is 2.64. The fraction of sp³-hybridized carbons (Fsp3) is 0.615. The van der Waals surface area contributed by atoms with Crippen LogP contribution >= 0.6 is 0 Å². The Kier molecular flexibility index (Phi) is 1.34. The van der Waals surface area contributed by atoms with E-state index >= 15 is 0 Å². The zero-order chi connectivity index (χ0) is 9.93. The number of allylic oxidation sites excluding steroid dienone is 2. The third-order valence-corrected chi connectivity index (χ3v) is 4.90. The fourth-order valence-electron chi connectivity index (χ4n) is 4.09. The van der Waals surface area contributed by atoms with Gasteiger partial charge in [0.05, 0.1) is 19.3 Å². The Bertz CT molecular complexity index is 361. The van der Waals surface area contributed by atoms with Crippen molar-refractivity contribution in [1.29, 1.82) is 0 Å². The highest BCUT2D eigenvalue weighted by Crippen LogP contribution is 2.62. The number of rotatable bonds is 0. The minimum absolute atomic E-state index is 0.194. The summed E-state index contributed by atoms with van der Waals surface area (Å²) in [6.07, 6.45) is 13.9. The van der Waals surface area contributed by atoms with Gasteiger partial charge in [-0.2, -0.15) is 0 Å². The van der Waals surface area contributed by atoms with Crippen molar-refractivity contribution in [3.63, 3.8) is 0 Å². The molecule has 2 unspecified atom stereocenters. The van der Waals surface area contributed by atoms with Crippen LogP contribution in [0.25, 0.3) is 0 Å². The Labute approximate surface area is 89.7 Å². The molecule has 2 nitrogen and oxygen atoms in total. The molecule has 1 saturated heterocycles. The molecule has 5 aliphatic rings. The SMILES string of the molecule is C1=CC23COC[C@@]2(C=C1)[C@H]1CCC3C=N1. The quantitative estimate of drug-likeness (QED) is 0.587. The van der Waals surface area contributed by atoms with E-state index in [4.69, 9.17) is 9.73 Å². The van der Waals surface area contributed by atoms with Gasteiger partial charge in [-0.15, -0.1) is 0 Å². The topological polar surface area (TPSA) is 21.6 Å². The molecule has 0 N–H and O–H groups in total. The van der Waals surface area contributed by atoms with Crippen LogP contribution in [0.5, 0.6) is 0 Å². The van der Waals surface area contributed by atoms with E-state index in [9.17, 15) is 0 Å². The second kappa shape index (κ2) is 2.43. The minimum atomic E-state index is 0.194. The summed E-state index contributed by atoms with van der Waals surface area (Å²) in [6.45, 7) is 1.76. The molecule has 3 heterocycles. The lowest BCUT2D eigenvalue weighted by Gasteiger charge is -2.55. The molecule has 1 saturated carbocycles. The third kappa shape index (κ3) is 0.729. The number of hydrogen-bond donors (Lipinski definition) is 0. The summed E-state index contributed by atoms with van der Waals surface area (Å²) >= 11 is 0. The van der Waals surface area contributed by atoms with Crippen LogP contribution < -0.4 is 0 Å². The highest BCUT2D eigenvalue weighted by atomic mass is 16.5. The van der Waals surface area contributed by atoms with Gasteiger partial charge in [-0.3, -0.25) is 4.99 Å². The number of hydrogen-bond acceptors (Lipinski definition) is 2. The van der Waals surface area contributed by atoms with E-state index in [0.29, 0.717) is 12.0 Å². The number of fused-ring (bicyclic) bond motifs is 1. The molecule has 15 heavy (non-hydrogen) atoms. The van der Waals surface area contributed by atoms with Gasteiger partial charge in [-0.05, 0) is 12.8 Å². The average Bonchev–Trinajstić information content (AvgIpc) is 2.73. The molecule has 2 fully saturated rings. The van der Waals surface area contributed by atoms with Gasteiger partial charge in [0.25, 0.3) is 0 Å². The van der Waals surface area contributed by atoms with Gasteiger partial charge in [-0.25, -0.2) is 0 Å². The van der Waals surface area contributed by atoms with Gasteiger partial charge >= 0.3 is 0 Å². The van der Waals surface area contributed by atoms with Crippen molar-refractivity contribution in [2.45, 2.75) is 18.9 Å². The van der Waals surface area contributed by atoms with Crippen LogP contribution in [0, 0.1) is 16.7 Å². The van der Waals surface area contributed by atoms with E-state index in [-0.39, 0.29) is 10.8 Å². The molecule has 4 atom stereocenters.